The molecule has 0 aromatic heterocycles. The summed E-state index contributed by atoms with van der Waals surface area (Å²) in [5.41, 5.74) is 0. The van der Waals surface area contributed by atoms with Gasteiger partial charge in [-0.2, -0.15) is 0 Å². The summed E-state index contributed by atoms with van der Waals surface area (Å²) in [5, 5.41) is 8.62. The van der Waals surface area contributed by atoms with Gasteiger partial charge >= 0.3 is 5.97 Å². The van der Waals surface area contributed by atoms with Gasteiger partial charge in [0, 0.05) is 7.11 Å². The Labute approximate surface area is 66.4 Å². The lowest BCUT2D eigenvalue weighted by molar-refractivity contribution is -0.149. The third kappa shape index (κ3) is 2.19. The second kappa shape index (κ2) is 3.72. The molecule has 0 bridgehead atoms. The van der Waals surface area contributed by atoms with Crippen LogP contribution >= 0.6 is 0 Å². The fourth-order valence-electron chi connectivity index (χ4n) is 1.33. The summed E-state index contributed by atoms with van der Waals surface area (Å²) in [6, 6.07) is 0. The van der Waals surface area contributed by atoms with Crippen molar-refractivity contribution in [2.45, 2.75) is 31.8 Å². The van der Waals surface area contributed by atoms with Crippen molar-refractivity contribution in [1.82, 2.24) is 0 Å². The number of carboxylic acid groups (broad SMARTS) is 1. The van der Waals surface area contributed by atoms with E-state index < -0.39 is 12.1 Å². The maximum atomic E-state index is 10.5. The van der Waals surface area contributed by atoms with Crippen LogP contribution in [0.4, 0.5) is 0 Å². The largest absolute Gasteiger partial charge is 0.479 e. The lowest BCUT2D eigenvalue weighted by Gasteiger charge is -2.27. The van der Waals surface area contributed by atoms with E-state index in [4.69, 9.17) is 9.84 Å². The molecule has 1 fully saturated rings. The summed E-state index contributed by atoms with van der Waals surface area (Å²) in [5.74, 6) is -0.240. The second-order valence-electron chi connectivity index (χ2n) is 3.10. The van der Waals surface area contributed by atoms with Crippen LogP contribution in [0.5, 0.6) is 0 Å². The van der Waals surface area contributed by atoms with Gasteiger partial charge in [0.1, 0.15) is 0 Å². The smallest absolute Gasteiger partial charge is 0.332 e. The third-order valence-corrected chi connectivity index (χ3v) is 2.33. The van der Waals surface area contributed by atoms with Crippen molar-refractivity contribution in [2.75, 3.05) is 7.11 Å². The maximum absolute atomic E-state index is 10.5. The van der Waals surface area contributed by atoms with Crippen LogP contribution in [0, 0.1) is 5.92 Å². The first-order chi connectivity index (χ1) is 5.24. The first-order valence-electron chi connectivity index (χ1n) is 3.99. The minimum absolute atomic E-state index is 0.583. The van der Waals surface area contributed by atoms with E-state index in [1.165, 1.54) is 26.4 Å². The molecule has 1 rings (SSSR count). The quantitative estimate of drug-likeness (QED) is 0.670. The molecular weight excluding hydrogens is 144 g/mol. The molecule has 0 spiro atoms. The van der Waals surface area contributed by atoms with E-state index in [9.17, 15) is 4.79 Å². The van der Waals surface area contributed by atoms with E-state index in [2.05, 4.69) is 0 Å². The lowest BCUT2D eigenvalue weighted by atomic mass is 9.81. The molecule has 0 aliphatic heterocycles. The van der Waals surface area contributed by atoms with Gasteiger partial charge in [-0.05, 0) is 12.3 Å². The number of ether oxygens (including phenoxy) is 1. The number of hydrogen-bond acceptors (Lipinski definition) is 2. The van der Waals surface area contributed by atoms with Gasteiger partial charge in [0.05, 0.1) is 0 Å². The Morgan fingerprint density at radius 3 is 2.64 bits per heavy atom. The van der Waals surface area contributed by atoms with Crippen LogP contribution in [0.1, 0.15) is 25.7 Å². The summed E-state index contributed by atoms with van der Waals surface area (Å²) in [4.78, 5) is 10.5. The van der Waals surface area contributed by atoms with Gasteiger partial charge < -0.3 is 9.84 Å². The van der Waals surface area contributed by atoms with Gasteiger partial charge in [-0.15, -0.1) is 0 Å². The minimum Gasteiger partial charge on any atom is -0.479 e. The molecule has 0 radical (unpaired) electrons. The Bertz CT molecular complexity index is 140. The zero-order valence-electron chi connectivity index (χ0n) is 6.75. The fraction of sp³-hybridized carbons (Fsp3) is 0.875. The Kier molecular flexibility index (Phi) is 2.88. The zero-order valence-corrected chi connectivity index (χ0v) is 6.75. The molecule has 1 unspecified atom stereocenters. The van der Waals surface area contributed by atoms with Gasteiger partial charge in [-0.3, -0.25) is 0 Å². The van der Waals surface area contributed by atoms with Crippen LogP contribution < -0.4 is 0 Å². The van der Waals surface area contributed by atoms with Crippen LogP contribution in [0.3, 0.4) is 0 Å². The molecule has 64 valence electrons. The van der Waals surface area contributed by atoms with E-state index in [0.717, 1.165) is 0 Å². The van der Waals surface area contributed by atoms with Crippen LogP contribution in [0.25, 0.3) is 0 Å². The monoisotopic (exact) mass is 158 g/mol. The van der Waals surface area contributed by atoms with Gasteiger partial charge in [-0.25, -0.2) is 4.79 Å². The van der Waals surface area contributed by atoms with Crippen molar-refractivity contribution in [1.29, 1.82) is 0 Å². The molecular formula is C8H14O3. The normalized spacial score (nSPS) is 20.8. The predicted molar refractivity (Wildman–Crippen MR) is 40.4 cm³/mol. The highest BCUT2D eigenvalue weighted by atomic mass is 16.5. The molecule has 1 N–H and O–H groups in total. The van der Waals surface area contributed by atoms with Gasteiger partial charge in [0.25, 0.3) is 0 Å². The van der Waals surface area contributed by atoms with Gasteiger partial charge in [-0.1, -0.05) is 19.3 Å². The van der Waals surface area contributed by atoms with Crippen LogP contribution in [0.15, 0.2) is 0 Å². The number of hydrogen-bond donors (Lipinski definition) is 1. The van der Waals surface area contributed by atoms with E-state index >= 15 is 0 Å². The molecule has 1 atom stereocenters. The van der Waals surface area contributed by atoms with Crippen molar-refractivity contribution in [3.8, 4) is 0 Å². The van der Waals surface area contributed by atoms with Crippen molar-refractivity contribution < 1.29 is 14.6 Å². The average molecular weight is 158 g/mol. The minimum atomic E-state index is -0.834. The van der Waals surface area contributed by atoms with E-state index in [1.54, 1.807) is 0 Å². The molecule has 1 aliphatic rings. The molecule has 0 aromatic rings. The third-order valence-electron chi connectivity index (χ3n) is 2.33. The summed E-state index contributed by atoms with van der Waals surface area (Å²) >= 11 is 0. The molecule has 0 amide bonds. The Hall–Kier alpha value is -0.570. The average Bonchev–Trinajstić information content (AvgIpc) is 1.85. The number of carboxylic acids is 1. The first-order valence-corrected chi connectivity index (χ1v) is 3.99. The number of rotatable bonds is 4. The second-order valence-corrected chi connectivity index (χ2v) is 3.10. The molecule has 0 saturated heterocycles. The van der Waals surface area contributed by atoms with Crippen LogP contribution in [-0.4, -0.2) is 24.3 Å². The van der Waals surface area contributed by atoms with Gasteiger partial charge in [0.15, 0.2) is 6.10 Å². The molecule has 0 aromatic carbocycles. The highest BCUT2D eigenvalue weighted by molar-refractivity contribution is 5.72. The molecule has 1 aliphatic carbocycles. The van der Waals surface area contributed by atoms with Crippen molar-refractivity contribution in [3.05, 3.63) is 0 Å². The Morgan fingerprint density at radius 2 is 2.36 bits per heavy atom. The maximum Gasteiger partial charge on any atom is 0.332 e. The SMILES string of the molecule is COC(CC1CCC1)C(=O)O. The summed E-state index contributed by atoms with van der Waals surface area (Å²) in [6.07, 6.45) is 3.70. The summed E-state index contributed by atoms with van der Waals surface area (Å²) in [7, 11) is 1.46. The van der Waals surface area contributed by atoms with Crippen LogP contribution in [-0.2, 0) is 9.53 Å². The summed E-state index contributed by atoms with van der Waals surface area (Å²) < 4.78 is 4.82. The number of methoxy groups -OCH3 is 1. The van der Waals surface area contributed by atoms with Gasteiger partial charge in [0.2, 0.25) is 0 Å². The Balaban J connectivity index is 2.24. The molecule has 0 heterocycles. The standard InChI is InChI=1S/C8H14O3/c1-11-7(8(9)10)5-6-3-2-4-6/h6-7H,2-5H2,1H3,(H,9,10). The predicted octanol–water partition coefficient (Wildman–Crippen LogP) is 1.28. The van der Waals surface area contributed by atoms with E-state index in [-0.39, 0.29) is 0 Å². The van der Waals surface area contributed by atoms with E-state index in [1.807, 2.05) is 0 Å². The highest BCUT2D eigenvalue weighted by Crippen LogP contribution is 2.30. The lowest BCUT2D eigenvalue weighted by Crippen LogP contribution is -2.27. The number of carbonyl (C=O) groups is 1. The van der Waals surface area contributed by atoms with E-state index in [0.29, 0.717) is 12.3 Å². The fourth-order valence-corrected chi connectivity index (χ4v) is 1.33. The first kappa shape index (κ1) is 8.53. The van der Waals surface area contributed by atoms with Crippen molar-refractivity contribution in [3.63, 3.8) is 0 Å². The van der Waals surface area contributed by atoms with Crippen molar-refractivity contribution >= 4 is 5.97 Å². The zero-order chi connectivity index (χ0) is 8.27. The highest BCUT2D eigenvalue weighted by Gasteiger charge is 2.25. The molecule has 1 saturated carbocycles. The summed E-state index contributed by atoms with van der Waals surface area (Å²) in [6.45, 7) is 0. The Morgan fingerprint density at radius 1 is 1.73 bits per heavy atom. The number of aliphatic carboxylic acids is 1. The molecule has 3 heteroatoms. The molecule has 3 nitrogen and oxygen atoms in total. The van der Waals surface area contributed by atoms with Crippen LogP contribution in [0.2, 0.25) is 0 Å². The molecule has 11 heavy (non-hydrogen) atoms. The topological polar surface area (TPSA) is 46.5 Å². The van der Waals surface area contributed by atoms with Crippen molar-refractivity contribution in [2.24, 2.45) is 5.92 Å².